The molecular formula is C62H38F6N2. The zero-order valence-electron chi connectivity index (χ0n) is 37.1. The normalized spacial score (nSPS) is 12.1. The van der Waals surface area contributed by atoms with E-state index in [-0.39, 0.29) is 22.5 Å². The average Bonchev–Trinajstić information content (AvgIpc) is 3.90. The highest BCUT2D eigenvalue weighted by Crippen LogP contribution is 2.48. The van der Waals surface area contributed by atoms with Crippen molar-refractivity contribution in [2.75, 3.05) is 0 Å². The lowest BCUT2D eigenvalue weighted by molar-refractivity contribution is -0.138. The van der Waals surface area contributed by atoms with E-state index in [0.717, 1.165) is 56.6 Å². The number of rotatable bonds is 7. The van der Waals surface area contributed by atoms with Gasteiger partial charge in [0.2, 0.25) is 0 Å². The van der Waals surface area contributed by atoms with Gasteiger partial charge in [-0.05, 0) is 128 Å². The Kier molecular flexibility index (Phi) is 10.1. The third-order valence-corrected chi connectivity index (χ3v) is 13.3. The van der Waals surface area contributed by atoms with Crippen LogP contribution in [0.15, 0.2) is 231 Å². The number of halogens is 6. The second kappa shape index (κ2) is 16.6. The Balaban J connectivity index is 1.22. The van der Waals surface area contributed by atoms with E-state index in [1.165, 1.54) is 24.3 Å². The largest absolute Gasteiger partial charge is 0.420 e. The van der Waals surface area contributed by atoms with E-state index in [4.69, 9.17) is 0 Å². The molecule has 12 aromatic rings. The quantitative estimate of drug-likeness (QED) is 0.141. The summed E-state index contributed by atoms with van der Waals surface area (Å²) in [5.74, 6) is 0. The van der Waals surface area contributed by atoms with E-state index >= 15 is 13.2 Å². The first-order chi connectivity index (χ1) is 34.0. The maximum atomic E-state index is 16.8. The molecule has 0 bridgehead atoms. The van der Waals surface area contributed by atoms with Crippen molar-refractivity contribution in [1.82, 2.24) is 9.13 Å². The first-order valence-electron chi connectivity index (χ1n) is 22.8. The van der Waals surface area contributed by atoms with Crippen LogP contribution in [0.2, 0.25) is 0 Å². The maximum absolute atomic E-state index is 16.8. The number of aromatic nitrogens is 2. The number of alkyl halides is 6. The van der Waals surface area contributed by atoms with E-state index in [1.54, 1.807) is 9.13 Å². The Bertz CT molecular complexity index is 3530. The van der Waals surface area contributed by atoms with Crippen LogP contribution in [0.3, 0.4) is 0 Å². The van der Waals surface area contributed by atoms with Gasteiger partial charge in [0.15, 0.2) is 0 Å². The van der Waals surface area contributed by atoms with Crippen molar-refractivity contribution in [3.05, 3.63) is 242 Å². The Morgan fingerprint density at radius 3 is 0.843 bits per heavy atom. The molecular weight excluding hydrogens is 887 g/mol. The lowest BCUT2D eigenvalue weighted by Gasteiger charge is -2.23. The third-order valence-electron chi connectivity index (χ3n) is 13.3. The molecule has 338 valence electrons. The molecule has 0 saturated heterocycles. The molecule has 2 heterocycles. The molecule has 0 atom stereocenters. The van der Waals surface area contributed by atoms with Crippen molar-refractivity contribution in [2.24, 2.45) is 0 Å². The monoisotopic (exact) mass is 924 g/mol. The molecule has 0 N–H and O–H groups in total. The minimum Gasteiger partial charge on any atom is -0.309 e. The van der Waals surface area contributed by atoms with Crippen LogP contribution in [-0.4, -0.2) is 9.13 Å². The summed E-state index contributed by atoms with van der Waals surface area (Å²) in [4.78, 5) is 0. The molecule has 2 aromatic heterocycles. The zero-order valence-corrected chi connectivity index (χ0v) is 37.1. The zero-order chi connectivity index (χ0) is 47.7. The summed E-state index contributed by atoms with van der Waals surface area (Å²) < 4.78 is 97.1. The van der Waals surface area contributed by atoms with Crippen LogP contribution in [0.25, 0.3) is 111 Å². The molecule has 0 aliphatic carbocycles. The van der Waals surface area contributed by atoms with Gasteiger partial charge in [-0.1, -0.05) is 158 Å². The van der Waals surface area contributed by atoms with Gasteiger partial charge < -0.3 is 9.13 Å². The predicted octanol–water partition coefficient (Wildman–Crippen LogP) is 18.3. The minimum absolute atomic E-state index is 0.114. The number of nitrogens with zero attached hydrogens (tertiary/aromatic N) is 2. The molecule has 0 aliphatic heterocycles. The lowest BCUT2D eigenvalue weighted by atomic mass is 9.97. The summed E-state index contributed by atoms with van der Waals surface area (Å²) in [5.41, 5.74) is 7.23. The molecule has 0 saturated carbocycles. The predicted molar refractivity (Wildman–Crippen MR) is 272 cm³/mol. The summed E-state index contributed by atoms with van der Waals surface area (Å²) in [7, 11) is 0. The summed E-state index contributed by atoms with van der Waals surface area (Å²) in [5, 5.41) is 2.86. The Labute approximate surface area is 398 Å². The Hall–Kier alpha value is -8.62. The fourth-order valence-corrected chi connectivity index (χ4v) is 10.1. The van der Waals surface area contributed by atoms with Crippen LogP contribution in [0, 0.1) is 0 Å². The highest BCUT2D eigenvalue weighted by Gasteiger charge is 2.40. The number of benzene rings is 10. The topological polar surface area (TPSA) is 9.86 Å². The van der Waals surface area contributed by atoms with Gasteiger partial charge in [0, 0.05) is 21.5 Å². The van der Waals surface area contributed by atoms with Crippen molar-refractivity contribution >= 4 is 43.6 Å². The fraction of sp³-hybridized carbons (Fsp3) is 0.0323. The van der Waals surface area contributed by atoms with Crippen LogP contribution in [0.4, 0.5) is 26.3 Å². The summed E-state index contributed by atoms with van der Waals surface area (Å²) in [6.07, 6.45) is -9.68. The molecule has 0 fully saturated rings. The van der Waals surface area contributed by atoms with Gasteiger partial charge in [0.05, 0.1) is 39.0 Å². The highest BCUT2D eigenvalue weighted by atomic mass is 19.4. The van der Waals surface area contributed by atoms with Crippen LogP contribution in [0.1, 0.15) is 11.1 Å². The second-order valence-corrected chi connectivity index (χ2v) is 17.5. The van der Waals surface area contributed by atoms with Gasteiger partial charge >= 0.3 is 12.4 Å². The van der Waals surface area contributed by atoms with Gasteiger partial charge in [-0.25, -0.2) is 0 Å². The first-order valence-corrected chi connectivity index (χ1v) is 22.8. The van der Waals surface area contributed by atoms with Gasteiger partial charge in [-0.15, -0.1) is 0 Å². The summed E-state index contributed by atoms with van der Waals surface area (Å²) in [6.45, 7) is 0. The van der Waals surface area contributed by atoms with Crippen LogP contribution >= 0.6 is 0 Å². The Morgan fingerprint density at radius 1 is 0.243 bits per heavy atom. The third kappa shape index (κ3) is 7.40. The molecule has 0 aliphatic rings. The number of hydrogen-bond acceptors (Lipinski definition) is 0. The maximum Gasteiger partial charge on any atom is 0.420 e. The molecule has 70 heavy (non-hydrogen) atoms. The first kappa shape index (κ1) is 42.7. The van der Waals surface area contributed by atoms with E-state index in [0.29, 0.717) is 43.6 Å². The summed E-state index contributed by atoms with van der Waals surface area (Å²) in [6, 6.07) is 69.6. The van der Waals surface area contributed by atoms with Crippen LogP contribution in [-0.2, 0) is 12.4 Å². The SMILES string of the molecule is FC(F)(F)c1cccc(-c2cc(-n3c4ccc(-c5ccccc5)cc4c4cc(-c5ccccc5)ccc43)c(C(F)(F)F)c(-n3c4ccc(-c5ccccc5)cc4c4cc(-c5ccccc5)ccc43)c2)c1. The van der Waals surface area contributed by atoms with Crippen molar-refractivity contribution in [3.8, 4) is 67.0 Å². The highest BCUT2D eigenvalue weighted by molar-refractivity contribution is 6.13. The van der Waals surface area contributed by atoms with Crippen LogP contribution < -0.4 is 0 Å². The molecule has 2 nitrogen and oxygen atoms in total. The number of hydrogen-bond donors (Lipinski definition) is 0. The number of fused-ring (bicyclic) bond motifs is 6. The molecule has 12 rings (SSSR count). The molecule has 10 aromatic carbocycles. The van der Waals surface area contributed by atoms with Crippen molar-refractivity contribution < 1.29 is 26.3 Å². The van der Waals surface area contributed by atoms with Crippen molar-refractivity contribution in [3.63, 3.8) is 0 Å². The van der Waals surface area contributed by atoms with Crippen molar-refractivity contribution in [1.29, 1.82) is 0 Å². The molecule has 8 heteroatoms. The van der Waals surface area contributed by atoms with E-state index < -0.39 is 23.5 Å². The molecule has 0 spiro atoms. The van der Waals surface area contributed by atoms with Crippen LogP contribution in [0.5, 0.6) is 0 Å². The second-order valence-electron chi connectivity index (χ2n) is 17.5. The van der Waals surface area contributed by atoms with E-state index in [2.05, 4.69) is 0 Å². The lowest BCUT2D eigenvalue weighted by Crippen LogP contribution is -2.16. The molecule has 0 unspecified atom stereocenters. The van der Waals surface area contributed by atoms with Gasteiger partial charge in [0.25, 0.3) is 0 Å². The van der Waals surface area contributed by atoms with Crippen molar-refractivity contribution in [2.45, 2.75) is 12.4 Å². The fourth-order valence-electron chi connectivity index (χ4n) is 10.1. The van der Waals surface area contributed by atoms with Gasteiger partial charge in [-0.3, -0.25) is 0 Å². The summed E-state index contributed by atoms with van der Waals surface area (Å²) >= 11 is 0. The Morgan fingerprint density at radius 2 is 0.543 bits per heavy atom. The van der Waals surface area contributed by atoms with E-state index in [1.807, 2.05) is 194 Å². The average molecular weight is 925 g/mol. The van der Waals surface area contributed by atoms with E-state index in [9.17, 15) is 13.2 Å². The van der Waals surface area contributed by atoms with Gasteiger partial charge in [0.1, 0.15) is 5.56 Å². The van der Waals surface area contributed by atoms with Gasteiger partial charge in [-0.2, -0.15) is 26.3 Å². The minimum atomic E-state index is -4.98. The smallest absolute Gasteiger partial charge is 0.309 e. The molecule has 0 radical (unpaired) electrons. The molecule has 0 amide bonds. The standard InChI is InChI=1S/C62H38F6N2/c63-61(64,65)49-23-13-22-43(32-49)48-37-58(69-54-28-24-44(39-14-5-1-6-15-39)33-50(54)51-34-45(25-29-55(51)69)40-16-7-2-8-17-40)60(62(66,67)68)59(38-48)70-56-30-26-46(41-18-9-3-10-19-41)35-52(56)53-36-47(27-31-57(53)70)42-20-11-4-12-21-42/h1-38H.